The highest BCUT2D eigenvalue weighted by Crippen LogP contribution is 1.81. The van der Waals surface area contributed by atoms with Gasteiger partial charge in [-0.3, -0.25) is 0 Å². The van der Waals surface area contributed by atoms with Crippen LogP contribution in [-0.2, 0) is 4.84 Å². The van der Waals surface area contributed by atoms with Crippen LogP contribution < -0.4 is 11.4 Å². The molecule has 1 radical (unpaired) electrons. The Morgan fingerprint density at radius 1 is 2.00 bits per heavy atom. The molecule has 0 bridgehead atoms. The molecule has 6 heavy (non-hydrogen) atoms. The third-order valence-electron chi connectivity index (χ3n) is 0.402. The van der Waals surface area contributed by atoms with E-state index in [1.807, 2.05) is 0 Å². The summed E-state index contributed by atoms with van der Waals surface area (Å²) < 4.78 is 0. The molecule has 0 atom stereocenters. The van der Waals surface area contributed by atoms with Gasteiger partial charge in [0.1, 0.15) is 0 Å². The second kappa shape index (κ2) is 1.16. The fourth-order valence-electron chi connectivity index (χ4n) is 0.189. The van der Waals surface area contributed by atoms with Gasteiger partial charge in [0.25, 0.3) is 0 Å². The summed E-state index contributed by atoms with van der Waals surface area (Å²) in [4.78, 5) is 4.30. The highest BCUT2D eigenvalue weighted by atomic mass is 16.7. The molecule has 0 aromatic heterocycles. The van der Waals surface area contributed by atoms with Crippen LogP contribution in [0.15, 0.2) is 6.20 Å². The summed E-state index contributed by atoms with van der Waals surface area (Å²) in [6, 6.07) is 0. The van der Waals surface area contributed by atoms with Crippen molar-refractivity contribution in [2.24, 2.45) is 5.84 Å². The van der Waals surface area contributed by atoms with Crippen LogP contribution in [0.25, 0.3) is 0 Å². The maximum atomic E-state index is 5.01. The summed E-state index contributed by atoms with van der Waals surface area (Å²) in [6.45, 7) is 0. The molecule has 1 aliphatic heterocycles. The number of nitrogens with zero attached hydrogens (tertiary/aromatic N) is 1. The fraction of sp³-hybridized carbons (Fsp3) is 0. The van der Waals surface area contributed by atoms with Crippen molar-refractivity contribution in [2.45, 2.75) is 0 Å². The van der Waals surface area contributed by atoms with Crippen LogP contribution in [0.1, 0.15) is 0 Å². The van der Waals surface area contributed by atoms with Gasteiger partial charge in [-0.05, 0) is 0 Å². The summed E-state index contributed by atoms with van der Waals surface area (Å²) in [5.41, 5.74) is 2.26. The van der Waals surface area contributed by atoms with E-state index in [-0.39, 0.29) is 0 Å². The zero-order valence-corrected chi connectivity index (χ0v) is 3.01. The monoisotopic (exact) mass is 86.0 g/mol. The Balaban J connectivity index is 2.38. The van der Waals surface area contributed by atoms with E-state index >= 15 is 0 Å². The minimum absolute atomic E-state index is 1.15. The maximum Gasteiger partial charge on any atom is 0.214 e. The van der Waals surface area contributed by atoms with Gasteiger partial charge >= 0.3 is 0 Å². The topological polar surface area (TPSA) is 50.5 Å². The molecular formula is C2H4N3O. The molecule has 0 aromatic carbocycles. The van der Waals surface area contributed by atoms with Gasteiger partial charge in [0, 0.05) is 0 Å². The van der Waals surface area contributed by atoms with E-state index in [2.05, 4.69) is 16.7 Å². The lowest BCUT2D eigenvalue weighted by atomic mass is 11.0. The Morgan fingerprint density at radius 2 is 2.83 bits per heavy atom. The molecule has 0 unspecified atom stereocenters. The molecule has 33 valence electrons. The second-order valence-corrected chi connectivity index (χ2v) is 0.848. The first-order chi connectivity index (χ1) is 2.89. The van der Waals surface area contributed by atoms with Crippen molar-refractivity contribution >= 4 is 0 Å². The van der Waals surface area contributed by atoms with Gasteiger partial charge in [0.15, 0.2) is 0 Å². The van der Waals surface area contributed by atoms with Gasteiger partial charge in [0.2, 0.25) is 6.26 Å². The minimum atomic E-state index is 1.15. The van der Waals surface area contributed by atoms with Gasteiger partial charge in [-0.2, -0.15) is 0 Å². The predicted molar refractivity (Wildman–Crippen MR) is 18.1 cm³/mol. The summed E-state index contributed by atoms with van der Waals surface area (Å²) in [5.74, 6) is 5.01. The Hall–Kier alpha value is -0.740. The summed E-state index contributed by atoms with van der Waals surface area (Å²) in [7, 11) is 0. The van der Waals surface area contributed by atoms with E-state index in [0.717, 1.165) is 5.12 Å². The van der Waals surface area contributed by atoms with Gasteiger partial charge in [-0.15, -0.1) is 0 Å². The van der Waals surface area contributed by atoms with Gasteiger partial charge in [-0.1, -0.05) is 5.59 Å². The van der Waals surface area contributed by atoms with E-state index in [0.29, 0.717) is 0 Å². The molecule has 1 heterocycles. The molecule has 0 aromatic rings. The average molecular weight is 86.1 g/mol. The number of rotatable bonds is 0. The Kier molecular flexibility index (Phi) is 0.664. The first kappa shape index (κ1) is 3.45. The van der Waals surface area contributed by atoms with E-state index in [1.165, 1.54) is 6.20 Å². The zero-order chi connectivity index (χ0) is 4.41. The van der Waals surface area contributed by atoms with Crippen molar-refractivity contribution in [3.63, 3.8) is 0 Å². The highest BCUT2D eigenvalue weighted by molar-refractivity contribution is 4.62. The average Bonchev–Trinajstić information content (AvgIpc) is 1.86. The third kappa shape index (κ3) is 0.425. The molecule has 4 nitrogen and oxygen atoms in total. The standard InChI is InChI=1S/C2H4N3O/c3-5-1-2-6-4-5/h1,4H,3H2. The molecule has 4 heteroatoms. The number of hydrazine groups is 2. The van der Waals surface area contributed by atoms with Crippen LogP contribution in [0.4, 0.5) is 0 Å². The molecule has 0 spiro atoms. The van der Waals surface area contributed by atoms with Crippen molar-refractivity contribution in [2.75, 3.05) is 0 Å². The largest absolute Gasteiger partial charge is 0.382 e. The second-order valence-electron chi connectivity index (χ2n) is 0.848. The number of hydrogen-bond donors (Lipinski definition) is 2. The molecule has 1 aliphatic rings. The van der Waals surface area contributed by atoms with Crippen LogP contribution >= 0.6 is 0 Å². The molecule has 0 fully saturated rings. The van der Waals surface area contributed by atoms with Crippen LogP contribution in [0.3, 0.4) is 0 Å². The van der Waals surface area contributed by atoms with Crippen LogP contribution in [0.2, 0.25) is 0 Å². The van der Waals surface area contributed by atoms with Crippen molar-refractivity contribution < 1.29 is 4.84 Å². The first-order valence-electron chi connectivity index (χ1n) is 1.44. The van der Waals surface area contributed by atoms with Crippen molar-refractivity contribution in [3.05, 3.63) is 12.5 Å². The zero-order valence-electron chi connectivity index (χ0n) is 3.01. The van der Waals surface area contributed by atoms with Crippen molar-refractivity contribution in [3.8, 4) is 0 Å². The summed E-state index contributed by atoms with van der Waals surface area (Å²) in [6.07, 6.45) is 3.77. The highest BCUT2D eigenvalue weighted by Gasteiger charge is 1.93. The molecule has 1 rings (SSSR count). The van der Waals surface area contributed by atoms with Crippen LogP contribution in [0.5, 0.6) is 0 Å². The lowest BCUT2D eigenvalue weighted by Crippen LogP contribution is -2.33. The Labute approximate surface area is 35.1 Å². The van der Waals surface area contributed by atoms with Crippen LogP contribution in [-0.4, -0.2) is 5.12 Å². The van der Waals surface area contributed by atoms with E-state index < -0.39 is 0 Å². The van der Waals surface area contributed by atoms with E-state index in [1.54, 1.807) is 0 Å². The number of nitrogens with two attached hydrogens (primary N) is 1. The van der Waals surface area contributed by atoms with Gasteiger partial charge in [0.05, 0.1) is 6.20 Å². The maximum absolute atomic E-state index is 5.01. The number of nitrogens with one attached hydrogen (secondary N) is 1. The summed E-state index contributed by atoms with van der Waals surface area (Å²) >= 11 is 0. The molecular weight excluding hydrogens is 82.0 g/mol. The van der Waals surface area contributed by atoms with Gasteiger partial charge in [-0.25, -0.2) is 11.0 Å². The van der Waals surface area contributed by atoms with Crippen molar-refractivity contribution in [1.82, 2.24) is 10.7 Å². The fourth-order valence-corrected chi connectivity index (χ4v) is 0.189. The molecule has 0 amide bonds. The Morgan fingerprint density at radius 3 is 3.00 bits per heavy atom. The lowest BCUT2D eigenvalue weighted by molar-refractivity contribution is 0.0273. The lowest BCUT2D eigenvalue weighted by Gasteiger charge is -2.01. The molecule has 0 saturated carbocycles. The summed E-state index contributed by atoms with van der Waals surface area (Å²) in [5, 5.41) is 1.15. The van der Waals surface area contributed by atoms with Crippen LogP contribution in [0, 0.1) is 6.26 Å². The Bertz CT molecular complexity index is 71.2. The van der Waals surface area contributed by atoms with E-state index in [9.17, 15) is 0 Å². The molecule has 0 saturated heterocycles. The quantitative estimate of drug-likeness (QED) is 0.367. The van der Waals surface area contributed by atoms with E-state index in [4.69, 9.17) is 5.84 Å². The van der Waals surface area contributed by atoms with Crippen molar-refractivity contribution in [1.29, 1.82) is 0 Å². The first-order valence-corrected chi connectivity index (χ1v) is 1.44. The smallest absolute Gasteiger partial charge is 0.214 e. The third-order valence-corrected chi connectivity index (χ3v) is 0.402. The molecule has 0 aliphatic carbocycles. The minimum Gasteiger partial charge on any atom is -0.382 e. The SMILES string of the molecule is NN1C=[C]ON1. The normalized spacial score (nSPS) is 18.5. The predicted octanol–water partition coefficient (Wildman–Crippen LogP) is -1.11. The molecule has 3 N–H and O–H groups in total. The number of hydrogen-bond acceptors (Lipinski definition) is 4. The van der Waals surface area contributed by atoms with Gasteiger partial charge < -0.3 is 4.84 Å².